The molecule has 7 heteroatoms. The lowest BCUT2D eigenvalue weighted by atomic mass is 10.1. The maximum Gasteiger partial charge on any atom is 0.242 e. The van der Waals surface area contributed by atoms with E-state index in [0.717, 1.165) is 17.5 Å². The highest BCUT2D eigenvalue weighted by molar-refractivity contribution is 7.99. The Morgan fingerprint density at radius 3 is 2.30 bits per heavy atom. The van der Waals surface area contributed by atoms with Crippen molar-refractivity contribution in [3.05, 3.63) is 69.7 Å². The predicted octanol–water partition coefficient (Wildman–Crippen LogP) is 5.56. The van der Waals surface area contributed by atoms with Gasteiger partial charge in [-0.25, -0.2) is 0 Å². The third kappa shape index (κ3) is 7.22. The van der Waals surface area contributed by atoms with Crippen molar-refractivity contribution in [2.24, 2.45) is 0 Å². The first-order valence-corrected chi connectivity index (χ1v) is 12.0. The molecule has 1 N–H and O–H groups in total. The standard InChI is InChI=1S/C23H28Cl2N2O2S/c1-3-13-26-23(29)21(4-2)27(14-17-9-6-5-7-10-17)22(28)16-30-15-18-19(24)11-8-12-20(18)25/h5-12,21H,3-4,13-16H2,1-2H3,(H,26,29)/t21-/m0/s1. The van der Waals surface area contributed by atoms with E-state index in [1.807, 2.05) is 44.2 Å². The molecule has 30 heavy (non-hydrogen) atoms. The minimum atomic E-state index is -0.506. The minimum absolute atomic E-state index is 0.0782. The van der Waals surface area contributed by atoms with E-state index in [9.17, 15) is 9.59 Å². The Hall–Kier alpha value is -1.69. The molecular weight excluding hydrogens is 439 g/mol. The van der Waals surface area contributed by atoms with Crippen molar-refractivity contribution in [1.29, 1.82) is 0 Å². The summed E-state index contributed by atoms with van der Waals surface area (Å²) in [5, 5.41) is 4.11. The Kier molecular flexibility index (Phi) is 10.6. The molecule has 0 saturated carbocycles. The number of rotatable bonds is 11. The van der Waals surface area contributed by atoms with Gasteiger partial charge in [0, 0.05) is 28.9 Å². The summed E-state index contributed by atoms with van der Waals surface area (Å²) >= 11 is 13.9. The number of nitrogens with zero attached hydrogens (tertiary/aromatic N) is 1. The molecule has 0 unspecified atom stereocenters. The number of amides is 2. The van der Waals surface area contributed by atoms with Crippen molar-refractivity contribution in [3.8, 4) is 0 Å². The first kappa shape index (κ1) is 24.6. The highest BCUT2D eigenvalue weighted by atomic mass is 35.5. The zero-order valence-electron chi connectivity index (χ0n) is 17.4. The third-order valence-electron chi connectivity index (χ3n) is 4.66. The van der Waals surface area contributed by atoms with Crippen molar-refractivity contribution in [2.45, 2.75) is 45.0 Å². The number of thioether (sulfide) groups is 1. The molecule has 0 aliphatic carbocycles. The second kappa shape index (κ2) is 12.9. The molecule has 0 aromatic heterocycles. The van der Waals surface area contributed by atoms with E-state index in [2.05, 4.69) is 5.32 Å². The van der Waals surface area contributed by atoms with E-state index in [0.29, 0.717) is 35.3 Å². The fourth-order valence-corrected chi connectivity index (χ4v) is 4.71. The molecule has 0 heterocycles. The SMILES string of the molecule is CCCNC(=O)[C@H](CC)N(Cc1ccccc1)C(=O)CSCc1c(Cl)cccc1Cl. The highest BCUT2D eigenvalue weighted by Gasteiger charge is 2.28. The number of halogens is 2. The van der Waals surface area contributed by atoms with Gasteiger partial charge in [0.2, 0.25) is 11.8 Å². The van der Waals surface area contributed by atoms with Gasteiger partial charge < -0.3 is 10.2 Å². The van der Waals surface area contributed by atoms with Gasteiger partial charge in [0.1, 0.15) is 6.04 Å². The summed E-state index contributed by atoms with van der Waals surface area (Å²) in [4.78, 5) is 27.5. The molecule has 0 fully saturated rings. The van der Waals surface area contributed by atoms with Crippen LogP contribution >= 0.6 is 35.0 Å². The second-order valence-electron chi connectivity index (χ2n) is 6.92. The molecule has 4 nitrogen and oxygen atoms in total. The lowest BCUT2D eigenvalue weighted by Crippen LogP contribution is -2.49. The lowest BCUT2D eigenvalue weighted by Gasteiger charge is -2.30. The van der Waals surface area contributed by atoms with E-state index < -0.39 is 6.04 Å². The normalized spacial score (nSPS) is 11.7. The first-order valence-electron chi connectivity index (χ1n) is 10.1. The Bertz CT molecular complexity index is 813. The van der Waals surface area contributed by atoms with Gasteiger partial charge in [0.05, 0.1) is 5.75 Å². The molecule has 2 amide bonds. The van der Waals surface area contributed by atoms with Gasteiger partial charge in [-0.05, 0) is 36.1 Å². The van der Waals surface area contributed by atoms with Crippen molar-refractivity contribution >= 4 is 46.8 Å². The molecule has 2 aromatic rings. The Morgan fingerprint density at radius 1 is 1.03 bits per heavy atom. The number of nitrogens with one attached hydrogen (secondary N) is 1. The molecule has 0 aliphatic heterocycles. The van der Waals surface area contributed by atoms with E-state index in [-0.39, 0.29) is 17.6 Å². The van der Waals surface area contributed by atoms with Crippen LogP contribution in [-0.2, 0) is 21.9 Å². The van der Waals surface area contributed by atoms with Crippen LogP contribution in [0.5, 0.6) is 0 Å². The maximum atomic E-state index is 13.1. The van der Waals surface area contributed by atoms with Crippen molar-refractivity contribution in [2.75, 3.05) is 12.3 Å². The van der Waals surface area contributed by atoms with Gasteiger partial charge in [-0.2, -0.15) is 0 Å². The zero-order chi connectivity index (χ0) is 21.9. The quantitative estimate of drug-likeness (QED) is 0.471. The number of carbonyl (C=O) groups excluding carboxylic acids is 2. The average molecular weight is 467 g/mol. The molecule has 1 atom stereocenters. The molecule has 162 valence electrons. The van der Waals surface area contributed by atoms with Gasteiger partial charge in [-0.1, -0.05) is 73.4 Å². The van der Waals surface area contributed by atoms with E-state index in [1.54, 1.807) is 23.1 Å². The van der Waals surface area contributed by atoms with Gasteiger partial charge >= 0.3 is 0 Å². The van der Waals surface area contributed by atoms with Crippen LogP contribution in [0.3, 0.4) is 0 Å². The largest absolute Gasteiger partial charge is 0.354 e. The molecule has 0 bridgehead atoms. The highest BCUT2D eigenvalue weighted by Crippen LogP contribution is 2.28. The van der Waals surface area contributed by atoms with Gasteiger partial charge in [0.15, 0.2) is 0 Å². The van der Waals surface area contributed by atoms with Crippen molar-refractivity contribution in [1.82, 2.24) is 10.2 Å². The third-order valence-corrected chi connectivity index (χ3v) is 6.32. The van der Waals surface area contributed by atoms with Crippen LogP contribution in [0, 0.1) is 0 Å². The molecule has 2 rings (SSSR count). The summed E-state index contributed by atoms with van der Waals surface area (Å²) < 4.78 is 0. The fraction of sp³-hybridized carbons (Fsp3) is 0.391. The minimum Gasteiger partial charge on any atom is -0.354 e. The molecule has 0 saturated heterocycles. The molecule has 0 aliphatic rings. The molecular formula is C23H28Cl2N2O2S. The number of benzene rings is 2. The summed E-state index contributed by atoms with van der Waals surface area (Å²) in [6.07, 6.45) is 1.40. The van der Waals surface area contributed by atoms with E-state index in [4.69, 9.17) is 23.2 Å². The second-order valence-corrected chi connectivity index (χ2v) is 8.72. The topological polar surface area (TPSA) is 49.4 Å². The first-order chi connectivity index (χ1) is 14.5. The average Bonchev–Trinajstić information content (AvgIpc) is 2.74. The van der Waals surface area contributed by atoms with Crippen LogP contribution in [0.4, 0.5) is 0 Å². The summed E-state index contributed by atoms with van der Waals surface area (Å²) in [6, 6.07) is 14.6. The van der Waals surface area contributed by atoms with Gasteiger partial charge in [-0.15, -0.1) is 11.8 Å². The Balaban J connectivity index is 2.11. The summed E-state index contributed by atoms with van der Waals surface area (Å²) in [6.45, 7) is 4.93. The van der Waals surface area contributed by atoms with E-state index >= 15 is 0 Å². The molecule has 0 radical (unpaired) electrons. The van der Waals surface area contributed by atoms with Crippen molar-refractivity contribution in [3.63, 3.8) is 0 Å². The smallest absolute Gasteiger partial charge is 0.242 e. The number of hydrogen-bond acceptors (Lipinski definition) is 3. The van der Waals surface area contributed by atoms with Crippen LogP contribution in [0.1, 0.15) is 37.8 Å². The lowest BCUT2D eigenvalue weighted by molar-refractivity contribution is -0.139. The Labute approximate surface area is 193 Å². The van der Waals surface area contributed by atoms with Crippen LogP contribution in [-0.4, -0.2) is 35.1 Å². The van der Waals surface area contributed by atoms with Crippen LogP contribution in [0.25, 0.3) is 0 Å². The molecule has 0 spiro atoms. The summed E-state index contributed by atoms with van der Waals surface area (Å²) in [7, 11) is 0. The van der Waals surface area contributed by atoms with Crippen LogP contribution < -0.4 is 5.32 Å². The summed E-state index contributed by atoms with van der Waals surface area (Å²) in [5.41, 5.74) is 1.81. The zero-order valence-corrected chi connectivity index (χ0v) is 19.7. The number of hydrogen-bond donors (Lipinski definition) is 1. The predicted molar refractivity (Wildman–Crippen MR) is 127 cm³/mol. The van der Waals surface area contributed by atoms with Gasteiger partial charge in [0.25, 0.3) is 0 Å². The van der Waals surface area contributed by atoms with Gasteiger partial charge in [-0.3, -0.25) is 9.59 Å². The number of carbonyl (C=O) groups is 2. The fourth-order valence-electron chi connectivity index (χ4n) is 3.06. The van der Waals surface area contributed by atoms with Crippen LogP contribution in [0.2, 0.25) is 10.0 Å². The Morgan fingerprint density at radius 2 is 1.70 bits per heavy atom. The van der Waals surface area contributed by atoms with E-state index in [1.165, 1.54) is 11.8 Å². The summed E-state index contributed by atoms with van der Waals surface area (Å²) in [5.74, 6) is 0.585. The molecule has 2 aromatic carbocycles. The van der Waals surface area contributed by atoms with Crippen molar-refractivity contribution < 1.29 is 9.59 Å². The maximum absolute atomic E-state index is 13.1. The monoisotopic (exact) mass is 466 g/mol. The van der Waals surface area contributed by atoms with Crippen LogP contribution in [0.15, 0.2) is 48.5 Å².